The van der Waals surface area contributed by atoms with Crippen molar-refractivity contribution in [3.63, 3.8) is 0 Å². The molecule has 3 aromatic carbocycles. The van der Waals surface area contributed by atoms with Crippen LogP contribution in [0.4, 0.5) is 20.3 Å². The summed E-state index contributed by atoms with van der Waals surface area (Å²) in [7, 11) is 0. The van der Waals surface area contributed by atoms with Crippen molar-refractivity contribution in [2.24, 2.45) is 0 Å². The van der Waals surface area contributed by atoms with Crippen LogP contribution in [0.2, 0.25) is 5.02 Å². The fraction of sp³-hybridized carbons (Fsp3) is 0. The van der Waals surface area contributed by atoms with Gasteiger partial charge in [-0.1, -0.05) is 35.9 Å². The lowest BCUT2D eigenvalue weighted by Crippen LogP contribution is -2.28. The number of nitrogens with zero attached hydrogens (tertiary/aromatic N) is 2. The van der Waals surface area contributed by atoms with Gasteiger partial charge in [-0.2, -0.15) is 0 Å². The van der Waals surface area contributed by atoms with Crippen molar-refractivity contribution in [2.75, 3.05) is 11.1 Å². The monoisotopic (exact) mass is 518 g/mol. The number of benzene rings is 3. The molecule has 10 heteroatoms. The number of para-hydroxylation sites is 1. The van der Waals surface area contributed by atoms with Crippen LogP contribution < -0.4 is 21.3 Å². The molecule has 0 saturated heterocycles. The second-order valence-corrected chi connectivity index (χ2v) is 8.32. The van der Waals surface area contributed by atoms with Gasteiger partial charge in [-0.25, -0.2) is 13.8 Å². The highest BCUT2D eigenvalue weighted by Crippen LogP contribution is 2.34. The van der Waals surface area contributed by atoms with Gasteiger partial charge in [0.15, 0.2) is 17.3 Å². The van der Waals surface area contributed by atoms with Crippen molar-refractivity contribution in [1.29, 1.82) is 0 Å². The zero-order valence-corrected chi connectivity index (χ0v) is 19.7. The first-order chi connectivity index (χ1) is 17.8. The maximum absolute atomic E-state index is 14.8. The maximum Gasteiger partial charge on any atom is 0.268 e. The number of hydrogen-bond acceptors (Lipinski definition) is 5. The topological polar surface area (TPSA) is 99.2 Å². The summed E-state index contributed by atoms with van der Waals surface area (Å²) in [6.07, 6.45) is 1.36. The number of hydrogen-bond donors (Lipinski definition) is 2. The number of ether oxygens (including phenoxy) is 1. The predicted molar refractivity (Wildman–Crippen MR) is 138 cm³/mol. The fourth-order valence-electron chi connectivity index (χ4n) is 3.79. The van der Waals surface area contributed by atoms with Gasteiger partial charge in [-0.05, 0) is 47.9 Å². The molecule has 0 bridgehead atoms. The van der Waals surface area contributed by atoms with Crippen molar-refractivity contribution in [1.82, 2.24) is 9.55 Å². The first-order valence-electron chi connectivity index (χ1n) is 10.9. The van der Waals surface area contributed by atoms with Crippen LogP contribution in [-0.4, -0.2) is 15.5 Å². The lowest BCUT2D eigenvalue weighted by molar-refractivity contribution is 0.102. The molecule has 2 aromatic heterocycles. The van der Waals surface area contributed by atoms with E-state index in [1.54, 1.807) is 30.3 Å². The van der Waals surface area contributed by atoms with E-state index >= 15 is 0 Å². The van der Waals surface area contributed by atoms with Crippen LogP contribution in [0.1, 0.15) is 10.4 Å². The molecule has 184 valence electrons. The molecule has 0 fully saturated rings. The molecule has 3 N–H and O–H groups in total. The molecular formula is C27H17ClF2N4O3. The van der Waals surface area contributed by atoms with E-state index in [0.29, 0.717) is 10.9 Å². The average molecular weight is 519 g/mol. The summed E-state index contributed by atoms with van der Waals surface area (Å²) in [4.78, 5) is 30.3. The number of amides is 1. The fourth-order valence-corrected chi connectivity index (χ4v) is 3.94. The van der Waals surface area contributed by atoms with E-state index in [0.717, 1.165) is 6.07 Å². The Balaban J connectivity index is 1.48. The Morgan fingerprint density at radius 1 is 0.973 bits per heavy atom. The summed E-state index contributed by atoms with van der Waals surface area (Å²) < 4.78 is 35.4. The van der Waals surface area contributed by atoms with Gasteiger partial charge in [0, 0.05) is 24.0 Å². The number of carbonyl (C=O) groups is 1. The van der Waals surface area contributed by atoms with E-state index in [1.165, 1.54) is 53.2 Å². The van der Waals surface area contributed by atoms with E-state index in [-0.39, 0.29) is 39.3 Å². The number of halogens is 3. The van der Waals surface area contributed by atoms with Gasteiger partial charge in [0.25, 0.3) is 11.5 Å². The average Bonchev–Trinajstić information content (AvgIpc) is 2.88. The Morgan fingerprint density at radius 3 is 2.57 bits per heavy atom. The van der Waals surface area contributed by atoms with Gasteiger partial charge >= 0.3 is 0 Å². The molecule has 0 aliphatic rings. The number of anilines is 2. The second kappa shape index (κ2) is 9.71. The highest BCUT2D eigenvalue weighted by atomic mass is 35.5. The molecule has 7 nitrogen and oxygen atoms in total. The molecule has 0 unspecified atom stereocenters. The smallest absolute Gasteiger partial charge is 0.268 e. The predicted octanol–water partition coefficient (Wildman–Crippen LogP) is 5.94. The number of nitrogen functional groups attached to an aromatic ring is 1. The first-order valence-corrected chi connectivity index (χ1v) is 11.3. The first kappa shape index (κ1) is 24.0. The minimum atomic E-state index is -0.792. The highest BCUT2D eigenvalue weighted by Gasteiger charge is 2.18. The minimum Gasteiger partial charge on any atom is -0.453 e. The number of aromatic nitrogens is 2. The highest BCUT2D eigenvalue weighted by molar-refractivity contribution is 6.34. The SMILES string of the molecule is Nc1nccc(Oc2ccc(NC(=O)c3cc4ccccc4n(-c4cccc(F)c4)c3=O)cc2F)c1Cl. The van der Waals surface area contributed by atoms with Crippen LogP contribution in [0.5, 0.6) is 11.5 Å². The molecule has 0 aliphatic heterocycles. The molecule has 0 spiro atoms. The van der Waals surface area contributed by atoms with Crippen LogP contribution in [0, 0.1) is 11.6 Å². The lowest BCUT2D eigenvalue weighted by Gasteiger charge is -2.14. The zero-order chi connectivity index (χ0) is 26.1. The van der Waals surface area contributed by atoms with Crippen LogP contribution in [0.25, 0.3) is 16.6 Å². The van der Waals surface area contributed by atoms with Gasteiger partial charge in [-0.15, -0.1) is 0 Å². The lowest BCUT2D eigenvalue weighted by atomic mass is 10.1. The number of carbonyl (C=O) groups excluding carboxylic acids is 1. The number of rotatable bonds is 5. The van der Waals surface area contributed by atoms with Gasteiger partial charge < -0.3 is 15.8 Å². The van der Waals surface area contributed by atoms with Crippen molar-refractivity contribution >= 4 is 39.9 Å². The molecule has 0 atom stereocenters. The Labute approximate surface area is 213 Å². The molecule has 0 saturated carbocycles. The number of nitrogens with one attached hydrogen (secondary N) is 1. The second-order valence-electron chi connectivity index (χ2n) is 7.95. The molecule has 2 heterocycles. The molecule has 1 amide bonds. The molecular weight excluding hydrogens is 502 g/mol. The third kappa shape index (κ3) is 4.72. The molecule has 5 aromatic rings. The Morgan fingerprint density at radius 2 is 1.78 bits per heavy atom. The van der Waals surface area contributed by atoms with Crippen LogP contribution in [0.15, 0.2) is 89.9 Å². The summed E-state index contributed by atoms with van der Waals surface area (Å²) in [6, 6.07) is 19.0. The summed E-state index contributed by atoms with van der Waals surface area (Å²) in [5, 5.41) is 3.14. The summed E-state index contributed by atoms with van der Waals surface area (Å²) in [5.41, 5.74) is 5.62. The van der Waals surface area contributed by atoms with E-state index in [1.807, 2.05) is 0 Å². The molecule has 0 radical (unpaired) electrons. The third-order valence-corrected chi connectivity index (χ3v) is 5.89. The zero-order valence-electron chi connectivity index (χ0n) is 18.9. The van der Waals surface area contributed by atoms with E-state index in [9.17, 15) is 18.4 Å². The van der Waals surface area contributed by atoms with Crippen LogP contribution in [0.3, 0.4) is 0 Å². The summed E-state index contributed by atoms with van der Waals surface area (Å²) >= 11 is 6.04. The quantitative estimate of drug-likeness (QED) is 0.300. The summed E-state index contributed by atoms with van der Waals surface area (Å²) in [6.45, 7) is 0. The van der Waals surface area contributed by atoms with E-state index < -0.39 is 23.1 Å². The summed E-state index contributed by atoms with van der Waals surface area (Å²) in [5.74, 6) is -2.11. The normalized spacial score (nSPS) is 10.9. The third-order valence-electron chi connectivity index (χ3n) is 5.51. The van der Waals surface area contributed by atoms with Crippen molar-refractivity contribution in [3.05, 3.63) is 118 Å². The molecule has 0 aliphatic carbocycles. The molecule has 37 heavy (non-hydrogen) atoms. The van der Waals surface area contributed by atoms with Gasteiger partial charge in [0.1, 0.15) is 22.2 Å². The van der Waals surface area contributed by atoms with E-state index in [2.05, 4.69) is 10.3 Å². The number of fused-ring (bicyclic) bond motifs is 1. The minimum absolute atomic E-state index is 0.0303. The Kier molecular flexibility index (Phi) is 6.29. The molecule has 5 rings (SSSR count). The van der Waals surface area contributed by atoms with Gasteiger partial charge in [0.05, 0.1) is 11.2 Å². The standard InChI is InChI=1S/C27H17ClF2N4O3/c28-24-23(10-11-32-25(24)31)37-22-9-8-17(14-20(22)30)33-26(35)19-12-15-4-1-2-7-21(15)34(27(19)36)18-6-3-5-16(29)13-18/h1-14H,(H2,31,32)(H,33,35). The van der Waals surface area contributed by atoms with Crippen molar-refractivity contribution in [3.8, 4) is 17.2 Å². The maximum atomic E-state index is 14.8. The van der Waals surface area contributed by atoms with E-state index in [4.69, 9.17) is 22.1 Å². The number of pyridine rings is 2. The number of nitrogens with two attached hydrogens (primary N) is 1. The largest absolute Gasteiger partial charge is 0.453 e. The van der Waals surface area contributed by atoms with Gasteiger partial charge in [-0.3, -0.25) is 14.2 Å². The Bertz CT molecular complexity index is 1740. The van der Waals surface area contributed by atoms with Crippen molar-refractivity contribution < 1.29 is 18.3 Å². The Hall–Kier alpha value is -4.76. The van der Waals surface area contributed by atoms with Crippen molar-refractivity contribution in [2.45, 2.75) is 0 Å². The van der Waals surface area contributed by atoms with Gasteiger partial charge in [0.2, 0.25) is 0 Å². The van der Waals surface area contributed by atoms with Crippen LogP contribution in [-0.2, 0) is 0 Å². The van der Waals surface area contributed by atoms with Crippen LogP contribution >= 0.6 is 11.6 Å².